The number of fused-ring (bicyclic) bond motifs is 3. The Bertz CT molecular complexity index is 2990. The second kappa shape index (κ2) is 13.6. The fourth-order valence-electron chi connectivity index (χ4n) is 5.64. The minimum Gasteiger partial charge on any atom is -0.505 e. The number of anilines is 2. The van der Waals surface area contributed by atoms with Crippen LogP contribution in [0.3, 0.4) is 0 Å². The number of azo groups is 3. The van der Waals surface area contributed by atoms with Crippen molar-refractivity contribution in [2.24, 2.45) is 30.7 Å². The predicted octanol–water partition coefficient (Wildman–Crippen LogP) is 9.46. The van der Waals surface area contributed by atoms with Crippen molar-refractivity contribution in [1.29, 1.82) is 0 Å². The topological polar surface area (TPSA) is 275 Å². The summed E-state index contributed by atoms with van der Waals surface area (Å²) >= 11 is 0. The molecular weight excluding hydrogens is 737 g/mol. The van der Waals surface area contributed by atoms with Gasteiger partial charge in [0.25, 0.3) is 20.2 Å². The number of rotatable bonds is 8. The van der Waals surface area contributed by atoms with Crippen LogP contribution < -0.4 is 11.5 Å². The summed E-state index contributed by atoms with van der Waals surface area (Å²) in [6.07, 6.45) is 0. The van der Waals surface area contributed by atoms with Crippen molar-refractivity contribution in [3.05, 3.63) is 109 Å². The van der Waals surface area contributed by atoms with E-state index in [0.29, 0.717) is 17.1 Å². The monoisotopic (exact) mass is 762 g/mol. The molecule has 0 unspecified atom stereocenters. The van der Waals surface area contributed by atoms with Crippen LogP contribution >= 0.6 is 0 Å². The van der Waals surface area contributed by atoms with E-state index in [0.717, 1.165) is 22.9 Å². The minimum absolute atomic E-state index is 0.00395. The highest BCUT2D eigenvalue weighted by atomic mass is 32.2. The van der Waals surface area contributed by atoms with Crippen molar-refractivity contribution in [2.75, 3.05) is 11.5 Å². The van der Waals surface area contributed by atoms with Crippen molar-refractivity contribution in [3.8, 4) is 11.5 Å². The predicted molar refractivity (Wildman–Crippen MR) is 203 cm³/mol. The lowest BCUT2D eigenvalue weighted by atomic mass is 10.1. The number of benzene rings is 7. The number of hydrogen-bond donors (Lipinski definition) is 6. The fourth-order valence-corrected chi connectivity index (χ4v) is 6.96. The van der Waals surface area contributed by atoms with Crippen LogP contribution in [0.4, 0.5) is 45.5 Å². The number of phenols is 2. The molecule has 0 aliphatic carbocycles. The normalized spacial score (nSPS) is 12.6. The van der Waals surface area contributed by atoms with Gasteiger partial charge in [-0.15, -0.1) is 15.3 Å². The van der Waals surface area contributed by atoms with Crippen LogP contribution in [0.25, 0.3) is 32.3 Å². The first-order valence-electron chi connectivity index (χ1n) is 15.6. The van der Waals surface area contributed by atoms with Crippen LogP contribution in [0.5, 0.6) is 11.5 Å². The molecule has 18 heteroatoms. The van der Waals surface area contributed by atoms with E-state index in [4.69, 9.17) is 11.5 Å². The van der Waals surface area contributed by atoms with Crippen molar-refractivity contribution in [2.45, 2.75) is 9.79 Å². The van der Waals surface area contributed by atoms with Crippen LogP contribution in [0.2, 0.25) is 0 Å². The van der Waals surface area contributed by atoms with Crippen LogP contribution in [0.15, 0.2) is 150 Å². The summed E-state index contributed by atoms with van der Waals surface area (Å²) in [7, 11) is -9.80. The Morgan fingerprint density at radius 2 is 0.944 bits per heavy atom. The number of nitrogen functional groups attached to an aromatic ring is 2. The SMILES string of the molecule is Nc1ccc2cc(S(=O)(=O)O)c(N=Nc3ccc4cc(S(=O)(=O)O)c(N=Nc5ccc(N=Nc6ccc(N)c7ccccc67)cc5)c(O)c4c3)c(O)c2c1. The molecule has 0 atom stereocenters. The molecule has 16 nitrogen and oxygen atoms in total. The van der Waals surface area contributed by atoms with E-state index < -0.39 is 52.9 Å². The summed E-state index contributed by atoms with van der Waals surface area (Å²) in [5, 5.41) is 48.8. The molecule has 0 radical (unpaired) electrons. The smallest absolute Gasteiger partial charge is 0.296 e. The first-order chi connectivity index (χ1) is 25.7. The lowest BCUT2D eigenvalue weighted by Crippen LogP contribution is -1.99. The third-order valence-corrected chi connectivity index (χ3v) is 9.99. The van der Waals surface area contributed by atoms with E-state index in [1.807, 2.05) is 24.3 Å². The van der Waals surface area contributed by atoms with Gasteiger partial charge in [-0.3, -0.25) is 9.11 Å². The molecule has 0 aromatic heterocycles. The van der Waals surface area contributed by atoms with Gasteiger partial charge in [0.1, 0.15) is 21.2 Å². The summed E-state index contributed by atoms with van der Waals surface area (Å²) < 4.78 is 69.0. The fraction of sp³-hybridized carbons (Fsp3) is 0. The molecule has 270 valence electrons. The van der Waals surface area contributed by atoms with E-state index in [-0.39, 0.29) is 38.6 Å². The van der Waals surface area contributed by atoms with E-state index in [1.54, 1.807) is 24.3 Å². The maximum Gasteiger partial charge on any atom is 0.296 e. The van der Waals surface area contributed by atoms with Crippen LogP contribution in [-0.2, 0) is 20.2 Å². The number of nitrogens with two attached hydrogens (primary N) is 2. The Kier molecular flexibility index (Phi) is 8.95. The molecule has 0 saturated heterocycles. The van der Waals surface area contributed by atoms with Gasteiger partial charge in [-0.2, -0.15) is 32.2 Å². The molecule has 8 N–H and O–H groups in total. The molecule has 0 aliphatic rings. The van der Waals surface area contributed by atoms with Gasteiger partial charge in [-0.05, 0) is 83.6 Å². The number of nitrogens with zero attached hydrogens (tertiary/aromatic N) is 6. The van der Waals surface area contributed by atoms with Gasteiger partial charge < -0.3 is 21.7 Å². The third kappa shape index (κ3) is 6.99. The Hall–Kier alpha value is -6.86. The van der Waals surface area contributed by atoms with E-state index in [2.05, 4.69) is 30.7 Å². The summed E-state index contributed by atoms with van der Waals surface area (Å²) in [6, 6.07) is 27.7. The molecule has 0 saturated carbocycles. The molecule has 0 fully saturated rings. The van der Waals surface area contributed by atoms with Crippen molar-refractivity contribution in [1.82, 2.24) is 0 Å². The summed E-state index contributed by atoms with van der Waals surface area (Å²) in [6.45, 7) is 0. The highest BCUT2D eigenvalue weighted by Gasteiger charge is 2.24. The lowest BCUT2D eigenvalue weighted by Gasteiger charge is -2.10. The minimum atomic E-state index is -4.92. The second-order valence-electron chi connectivity index (χ2n) is 11.8. The highest BCUT2D eigenvalue weighted by molar-refractivity contribution is 7.86. The van der Waals surface area contributed by atoms with Crippen LogP contribution in [0, 0.1) is 0 Å². The highest BCUT2D eigenvalue weighted by Crippen LogP contribution is 2.44. The average molecular weight is 763 g/mol. The lowest BCUT2D eigenvalue weighted by molar-refractivity contribution is 0.471. The van der Waals surface area contributed by atoms with Crippen molar-refractivity contribution >= 4 is 98.1 Å². The molecular formula is C36H26N8O8S2. The maximum absolute atomic E-state index is 12.4. The summed E-state index contributed by atoms with van der Waals surface area (Å²) in [5.74, 6) is -1.31. The van der Waals surface area contributed by atoms with Crippen LogP contribution in [0.1, 0.15) is 0 Å². The Morgan fingerprint density at radius 1 is 0.463 bits per heavy atom. The molecule has 54 heavy (non-hydrogen) atoms. The Morgan fingerprint density at radius 3 is 1.52 bits per heavy atom. The Labute approximate surface area is 306 Å². The average Bonchev–Trinajstić information content (AvgIpc) is 3.13. The van der Waals surface area contributed by atoms with Gasteiger partial charge >= 0.3 is 0 Å². The third-order valence-electron chi connectivity index (χ3n) is 8.26. The first kappa shape index (κ1) is 35.5. The molecule has 7 aromatic rings. The Balaban J connectivity index is 1.22. The zero-order chi connectivity index (χ0) is 38.4. The van der Waals surface area contributed by atoms with Gasteiger partial charge in [0.15, 0.2) is 11.5 Å². The van der Waals surface area contributed by atoms with Gasteiger partial charge in [0, 0.05) is 32.9 Å². The van der Waals surface area contributed by atoms with Gasteiger partial charge in [-0.25, -0.2) is 0 Å². The largest absolute Gasteiger partial charge is 0.505 e. The molecule has 0 heterocycles. The number of aromatic hydroxyl groups is 2. The molecule has 0 amide bonds. The van der Waals surface area contributed by atoms with Gasteiger partial charge in [-0.1, -0.05) is 36.4 Å². The molecule has 7 aromatic carbocycles. The van der Waals surface area contributed by atoms with Crippen molar-refractivity contribution in [3.63, 3.8) is 0 Å². The number of hydrogen-bond acceptors (Lipinski definition) is 14. The van der Waals surface area contributed by atoms with E-state index in [9.17, 15) is 36.2 Å². The quantitative estimate of drug-likeness (QED) is 0.0484. The summed E-state index contributed by atoms with van der Waals surface area (Å²) in [4.78, 5) is -1.46. The van der Waals surface area contributed by atoms with E-state index >= 15 is 0 Å². The molecule has 0 spiro atoms. The number of phenolic OH excluding ortho intramolecular Hbond substituents is 2. The van der Waals surface area contributed by atoms with Gasteiger partial charge in [0.05, 0.1) is 22.7 Å². The van der Waals surface area contributed by atoms with E-state index in [1.165, 1.54) is 48.5 Å². The maximum atomic E-state index is 12.4. The molecule has 7 rings (SSSR count). The molecule has 0 aliphatic heterocycles. The molecule has 0 bridgehead atoms. The second-order valence-corrected chi connectivity index (χ2v) is 14.6. The first-order valence-corrected chi connectivity index (χ1v) is 18.5. The summed E-state index contributed by atoms with van der Waals surface area (Å²) in [5.41, 5.74) is 12.9. The van der Waals surface area contributed by atoms with Crippen molar-refractivity contribution < 1.29 is 36.2 Å². The standard InChI is InChI=1S/C36H26N8O8S2/c37-21-7-5-19-15-31(53(47,48)49)33(35(45)27(19)17-21)44-41-24-8-6-20-16-32(54(50,51)52)34(36(46)28(20)18-24)43-40-23-11-9-22(10-12-23)39-42-30-14-13-29(38)25-3-1-2-4-26(25)30/h1-18,45-46H,37-38H2,(H,47,48,49)(H,50,51,52). The van der Waals surface area contributed by atoms with Crippen LogP contribution in [-0.4, -0.2) is 36.2 Å². The zero-order valence-corrected chi connectivity index (χ0v) is 29.1. The van der Waals surface area contributed by atoms with Gasteiger partial charge in [0.2, 0.25) is 0 Å². The zero-order valence-electron chi connectivity index (χ0n) is 27.5.